The molecule has 1 amide bonds. The van der Waals surface area contributed by atoms with Crippen LogP contribution in [0, 0.1) is 11.8 Å². The van der Waals surface area contributed by atoms with E-state index in [1.165, 1.54) is 0 Å². The molecule has 1 N–H and O–H groups in total. The van der Waals surface area contributed by atoms with Crippen molar-refractivity contribution in [1.29, 1.82) is 0 Å². The lowest BCUT2D eigenvalue weighted by Gasteiger charge is -2.03. The molecule has 0 saturated carbocycles. The van der Waals surface area contributed by atoms with E-state index >= 15 is 0 Å². The zero-order chi connectivity index (χ0) is 18.4. The molecule has 0 spiro atoms. The van der Waals surface area contributed by atoms with Gasteiger partial charge in [-0.05, 0) is 24.3 Å². The highest BCUT2D eigenvalue weighted by Gasteiger charge is 2.13. The van der Waals surface area contributed by atoms with Crippen molar-refractivity contribution in [1.82, 2.24) is 5.32 Å². The Morgan fingerprint density at radius 3 is 2.77 bits per heavy atom. The van der Waals surface area contributed by atoms with E-state index in [2.05, 4.69) is 17.2 Å². The van der Waals surface area contributed by atoms with Gasteiger partial charge in [-0.3, -0.25) is 4.79 Å². The van der Waals surface area contributed by atoms with Crippen LogP contribution in [-0.2, 0) is 0 Å². The molecule has 132 valence electrons. The number of rotatable bonds is 5. The zero-order valence-electron chi connectivity index (χ0n) is 14.0. The molecule has 0 fully saturated rings. The molecule has 0 aliphatic carbocycles. The number of carbonyl (C=O) groups excluding carboxylic acids is 1. The van der Waals surface area contributed by atoms with E-state index in [1.54, 1.807) is 31.4 Å². The first-order chi connectivity index (χ1) is 12.7. The van der Waals surface area contributed by atoms with Crippen LogP contribution in [0.2, 0.25) is 5.02 Å². The number of amides is 1. The Morgan fingerprint density at radius 2 is 1.96 bits per heavy atom. The third kappa shape index (κ3) is 4.11. The first kappa shape index (κ1) is 17.7. The van der Waals surface area contributed by atoms with E-state index in [0.29, 0.717) is 22.1 Å². The molecule has 0 atom stereocenters. The third-order valence-electron chi connectivity index (χ3n) is 3.55. The Bertz CT molecular complexity index is 984. The summed E-state index contributed by atoms with van der Waals surface area (Å²) in [6.45, 7) is 0.361. The Balaban J connectivity index is 1.53. The van der Waals surface area contributed by atoms with Gasteiger partial charge in [0.2, 0.25) is 0 Å². The minimum Gasteiger partial charge on any atom is -0.493 e. The summed E-state index contributed by atoms with van der Waals surface area (Å²) in [6.07, 6.45) is 0. The van der Waals surface area contributed by atoms with Crippen LogP contribution in [0.15, 0.2) is 52.9 Å². The van der Waals surface area contributed by atoms with Gasteiger partial charge in [0.05, 0.1) is 18.7 Å². The third-order valence-corrected chi connectivity index (χ3v) is 3.86. The molecule has 0 aliphatic heterocycles. The fraction of sp³-hybridized carbons (Fsp3) is 0.150. The summed E-state index contributed by atoms with van der Waals surface area (Å²) in [7, 11) is 1.55. The molecule has 0 unspecified atom stereocenters. The van der Waals surface area contributed by atoms with Gasteiger partial charge in [0.25, 0.3) is 5.91 Å². The van der Waals surface area contributed by atoms with E-state index in [-0.39, 0.29) is 24.8 Å². The van der Waals surface area contributed by atoms with Crippen molar-refractivity contribution < 1.29 is 18.7 Å². The highest BCUT2D eigenvalue weighted by atomic mass is 35.5. The number of hydrogen-bond donors (Lipinski definition) is 1. The predicted octanol–water partition coefficient (Wildman–Crippen LogP) is 3.91. The molecule has 1 aromatic heterocycles. The number of halogens is 1. The maximum absolute atomic E-state index is 12.2. The standard InChI is InChI=1S/C20H16ClNO4/c1-24-17-10-6-7-14-13-18(26-19(14)17)20(23)22-11-4-5-12-25-16-9-3-2-8-15(16)21/h2-3,6-10,13H,11-12H2,1H3,(H,22,23). The predicted molar refractivity (Wildman–Crippen MR) is 99.8 cm³/mol. The van der Waals surface area contributed by atoms with Gasteiger partial charge in [-0.15, -0.1) is 0 Å². The second kappa shape index (κ2) is 8.32. The second-order valence-electron chi connectivity index (χ2n) is 5.24. The number of methoxy groups -OCH3 is 1. The van der Waals surface area contributed by atoms with Crippen molar-refractivity contribution in [3.63, 3.8) is 0 Å². The molecule has 1 heterocycles. The summed E-state index contributed by atoms with van der Waals surface area (Å²) < 4.78 is 16.2. The molecule has 0 saturated heterocycles. The largest absolute Gasteiger partial charge is 0.493 e. The maximum Gasteiger partial charge on any atom is 0.287 e. The van der Waals surface area contributed by atoms with Crippen LogP contribution in [-0.4, -0.2) is 26.2 Å². The Kier molecular flexibility index (Phi) is 5.67. The van der Waals surface area contributed by atoms with Gasteiger partial charge in [-0.25, -0.2) is 0 Å². The highest BCUT2D eigenvalue weighted by molar-refractivity contribution is 6.32. The van der Waals surface area contributed by atoms with Gasteiger partial charge in [0, 0.05) is 5.39 Å². The molecule has 3 rings (SSSR count). The van der Waals surface area contributed by atoms with Crippen molar-refractivity contribution in [3.8, 4) is 23.3 Å². The molecule has 0 bridgehead atoms. The smallest absolute Gasteiger partial charge is 0.287 e. The van der Waals surface area contributed by atoms with Gasteiger partial charge in [-0.2, -0.15) is 0 Å². The average Bonchev–Trinajstić information content (AvgIpc) is 3.10. The lowest BCUT2D eigenvalue weighted by molar-refractivity contribution is 0.0933. The molecular formula is C20H16ClNO4. The summed E-state index contributed by atoms with van der Waals surface area (Å²) in [5.74, 6) is 6.65. The maximum atomic E-state index is 12.2. The van der Waals surface area contributed by atoms with Crippen LogP contribution in [0.4, 0.5) is 0 Å². The zero-order valence-corrected chi connectivity index (χ0v) is 14.8. The van der Waals surface area contributed by atoms with Crippen LogP contribution in [0.3, 0.4) is 0 Å². The van der Waals surface area contributed by atoms with Crippen LogP contribution in [0.25, 0.3) is 11.0 Å². The highest BCUT2D eigenvalue weighted by Crippen LogP contribution is 2.28. The van der Waals surface area contributed by atoms with Crippen LogP contribution < -0.4 is 14.8 Å². The van der Waals surface area contributed by atoms with Gasteiger partial charge < -0.3 is 19.2 Å². The number of benzene rings is 2. The van der Waals surface area contributed by atoms with Crippen molar-refractivity contribution in [2.45, 2.75) is 0 Å². The number of carbonyl (C=O) groups is 1. The van der Waals surface area contributed by atoms with E-state index in [0.717, 1.165) is 5.39 Å². The molecule has 26 heavy (non-hydrogen) atoms. The Labute approximate surface area is 155 Å². The van der Waals surface area contributed by atoms with Crippen LogP contribution in [0.5, 0.6) is 11.5 Å². The summed E-state index contributed by atoms with van der Waals surface area (Å²) in [4.78, 5) is 12.2. The number of fused-ring (bicyclic) bond motifs is 1. The fourth-order valence-corrected chi connectivity index (χ4v) is 2.50. The van der Waals surface area contributed by atoms with E-state index in [1.807, 2.05) is 24.3 Å². The molecule has 5 nitrogen and oxygen atoms in total. The van der Waals surface area contributed by atoms with Crippen LogP contribution >= 0.6 is 11.6 Å². The van der Waals surface area contributed by atoms with E-state index in [9.17, 15) is 4.79 Å². The Morgan fingerprint density at radius 1 is 1.15 bits per heavy atom. The molecule has 2 aromatic carbocycles. The average molecular weight is 370 g/mol. The van der Waals surface area contributed by atoms with Crippen molar-refractivity contribution in [3.05, 3.63) is 59.3 Å². The first-order valence-corrected chi connectivity index (χ1v) is 8.24. The SMILES string of the molecule is COc1cccc2cc(C(=O)NCC#CCOc3ccccc3Cl)oc12. The van der Waals surface area contributed by atoms with E-state index in [4.69, 9.17) is 25.5 Å². The molecule has 0 radical (unpaired) electrons. The lowest BCUT2D eigenvalue weighted by atomic mass is 10.2. The molecule has 6 heteroatoms. The molecular weight excluding hydrogens is 354 g/mol. The Hall–Kier alpha value is -3.10. The number of para-hydroxylation sites is 2. The minimum atomic E-state index is -0.343. The number of hydrogen-bond acceptors (Lipinski definition) is 4. The summed E-state index contributed by atoms with van der Waals surface area (Å²) >= 11 is 5.98. The van der Waals surface area contributed by atoms with Gasteiger partial charge in [-0.1, -0.05) is 47.7 Å². The first-order valence-electron chi connectivity index (χ1n) is 7.87. The second-order valence-corrected chi connectivity index (χ2v) is 5.65. The fourth-order valence-electron chi connectivity index (χ4n) is 2.31. The van der Waals surface area contributed by atoms with Crippen molar-refractivity contribution in [2.24, 2.45) is 0 Å². The number of nitrogens with one attached hydrogen (secondary N) is 1. The molecule has 3 aromatic rings. The normalized spacial score (nSPS) is 10.1. The monoisotopic (exact) mass is 369 g/mol. The minimum absolute atomic E-state index is 0.179. The summed E-state index contributed by atoms with van der Waals surface area (Å²) in [5, 5.41) is 4.01. The van der Waals surface area contributed by atoms with E-state index < -0.39 is 0 Å². The summed E-state index contributed by atoms with van der Waals surface area (Å²) in [5.41, 5.74) is 0.541. The van der Waals surface area contributed by atoms with Crippen molar-refractivity contribution in [2.75, 3.05) is 20.3 Å². The summed E-state index contributed by atoms with van der Waals surface area (Å²) in [6, 6.07) is 14.3. The van der Waals surface area contributed by atoms with Crippen molar-refractivity contribution >= 4 is 28.5 Å². The number of furan rings is 1. The van der Waals surface area contributed by atoms with Gasteiger partial charge in [0.1, 0.15) is 12.4 Å². The van der Waals surface area contributed by atoms with Gasteiger partial charge >= 0.3 is 0 Å². The number of ether oxygens (including phenoxy) is 2. The quantitative estimate of drug-likeness (QED) is 0.693. The van der Waals surface area contributed by atoms with Crippen LogP contribution in [0.1, 0.15) is 10.6 Å². The van der Waals surface area contributed by atoms with Gasteiger partial charge in [0.15, 0.2) is 17.1 Å². The lowest BCUT2D eigenvalue weighted by Crippen LogP contribution is -2.23. The topological polar surface area (TPSA) is 60.7 Å². The molecule has 0 aliphatic rings.